The Morgan fingerprint density at radius 1 is 1.22 bits per heavy atom. The van der Waals surface area contributed by atoms with E-state index in [2.05, 4.69) is 38.3 Å². The number of nitrogens with one attached hydrogen (secondary N) is 1. The normalized spacial score (nSPS) is 17.7. The Bertz CT molecular complexity index is 1580. The first kappa shape index (κ1) is 25.6. The quantitative estimate of drug-likeness (QED) is 0.315. The molecule has 0 aliphatic carbocycles. The SMILES string of the molecule is C=S(=O)(c1cnc(-c2cc3cnc(Nc4ccc(C5CCCCO5)cc4)nc3n(CC)c2=O)s1)C(C)C. The monoisotopic (exact) mass is 537 g/mol. The third kappa shape index (κ3) is 5.05. The van der Waals surface area contributed by atoms with Crippen molar-refractivity contribution in [3.63, 3.8) is 0 Å². The van der Waals surface area contributed by atoms with Gasteiger partial charge in [0.15, 0.2) is 0 Å². The number of aromatic nitrogens is 4. The molecular weight excluding hydrogens is 506 g/mol. The van der Waals surface area contributed by atoms with E-state index in [-0.39, 0.29) is 16.9 Å². The fourth-order valence-corrected chi connectivity index (χ4v) is 7.09. The maximum Gasteiger partial charge on any atom is 0.262 e. The summed E-state index contributed by atoms with van der Waals surface area (Å²) < 4.78 is 21.1. The van der Waals surface area contributed by atoms with Crippen LogP contribution in [0, 0.1) is 0 Å². The van der Waals surface area contributed by atoms with E-state index in [4.69, 9.17) is 4.74 Å². The van der Waals surface area contributed by atoms with Crippen LogP contribution in [0.2, 0.25) is 0 Å². The topological polar surface area (TPSA) is 99.0 Å². The zero-order valence-electron chi connectivity index (χ0n) is 21.3. The predicted molar refractivity (Wildman–Crippen MR) is 152 cm³/mol. The summed E-state index contributed by atoms with van der Waals surface area (Å²) in [5.74, 6) is 4.32. The molecule has 0 saturated carbocycles. The predicted octanol–water partition coefficient (Wildman–Crippen LogP) is 5.40. The Labute approximate surface area is 220 Å². The molecule has 3 aromatic heterocycles. The third-order valence-corrected chi connectivity index (χ3v) is 10.9. The maximum absolute atomic E-state index is 13.4. The van der Waals surface area contributed by atoms with E-state index >= 15 is 0 Å². The number of nitrogens with zero attached hydrogens (tertiary/aromatic N) is 4. The second-order valence-electron chi connectivity index (χ2n) is 9.44. The molecule has 1 saturated heterocycles. The Morgan fingerprint density at radius 2 is 2.00 bits per heavy atom. The van der Waals surface area contributed by atoms with E-state index in [1.54, 1.807) is 23.0 Å². The number of ether oxygens (including phenoxy) is 1. The van der Waals surface area contributed by atoms with E-state index in [9.17, 15) is 9.00 Å². The number of pyridine rings is 1. The van der Waals surface area contributed by atoms with Gasteiger partial charge in [0.1, 0.15) is 14.9 Å². The third-order valence-electron chi connectivity index (χ3n) is 6.68. The molecule has 1 aliphatic rings. The van der Waals surface area contributed by atoms with E-state index in [1.807, 2.05) is 32.9 Å². The van der Waals surface area contributed by atoms with Crippen LogP contribution in [-0.4, -0.2) is 41.5 Å². The molecule has 1 fully saturated rings. The molecule has 5 rings (SSSR count). The standard InChI is InChI=1S/C27H31N5O3S2/c1-5-32-24-19(14-21(26(32)33)25-28-16-23(36-25)37(4,34)17(2)3)15-29-27(31-24)30-20-11-9-18(10-12-20)22-8-6-7-13-35-22/h9-12,14-17,22H,4-8,13H2,1-3H3,(H,29,30,31). The second-order valence-corrected chi connectivity index (χ2v) is 13.6. The van der Waals surface area contributed by atoms with Crippen molar-refractivity contribution in [2.24, 2.45) is 0 Å². The second kappa shape index (κ2) is 10.4. The van der Waals surface area contributed by atoms with Crippen LogP contribution < -0.4 is 10.9 Å². The van der Waals surface area contributed by atoms with Crippen LogP contribution in [0.25, 0.3) is 21.6 Å². The fraction of sp³-hybridized carbons (Fsp3) is 0.370. The minimum absolute atomic E-state index is 0.124. The molecule has 2 atom stereocenters. The van der Waals surface area contributed by atoms with Gasteiger partial charge in [-0.25, -0.2) is 9.97 Å². The molecule has 8 nitrogen and oxygen atoms in total. The van der Waals surface area contributed by atoms with Crippen LogP contribution in [0.5, 0.6) is 0 Å². The van der Waals surface area contributed by atoms with Crippen LogP contribution in [0.1, 0.15) is 51.7 Å². The zero-order valence-corrected chi connectivity index (χ0v) is 22.9. The van der Waals surface area contributed by atoms with Gasteiger partial charge in [-0.1, -0.05) is 26.0 Å². The van der Waals surface area contributed by atoms with Crippen molar-refractivity contribution in [2.75, 3.05) is 11.9 Å². The number of aryl methyl sites for hydroxylation is 1. The molecule has 194 valence electrons. The maximum atomic E-state index is 13.4. The van der Waals surface area contributed by atoms with Crippen LogP contribution >= 0.6 is 11.3 Å². The Kier molecular flexibility index (Phi) is 7.15. The summed E-state index contributed by atoms with van der Waals surface area (Å²) in [6.07, 6.45) is 6.80. The average Bonchev–Trinajstić information content (AvgIpc) is 3.40. The van der Waals surface area contributed by atoms with Crippen molar-refractivity contribution in [3.05, 3.63) is 58.6 Å². The number of thiazole rings is 1. The van der Waals surface area contributed by atoms with Gasteiger partial charge in [0.25, 0.3) is 5.56 Å². The molecule has 2 unspecified atom stereocenters. The Hall–Kier alpha value is -3.08. The van der Waals surface area contributed by atoms with Crippen molar-refractivity contribution < 1.29 is 8.95 Å². The molecule has 37 heavy (non-hydrogen) atoms. The summed E-state index contributed by atoms with van der Waals surface area (Å²) in [5.41, 5.74) is 2.82. The lowest BCUT2D eigenvalue weighted by Crippen LogP contribution is -2.22. The highest BCUT2D eigenvalue weighted by atomic mass is 32.2. The van der Waals surface area contributed by atoms with Crippen LogP contribution in [0.15, 0.2) is 51.7 Å². The molecule has 0 radical (unpaired) electrons. The van der Waals surface area contributed by atoms with E-state index in [0.29, 0.717) is 32.9 Å². The van der Waals surface area contributed by atoms with Gasteiger partial charge in [0.2, 0.25) is 5.95 Å². The molecular formula is C27H31N5O3S2. The van der Waals surface area contributed by atoms with E-state index < -0.39 is 9.52 Å². The van der Waals surface area contributed by atoms with Crippen molar-refractivity contribution in [2.45, 2.75) is 62.1 Å². The number of hydrogen-bond donors (Lipinski definition) is 1. The molecule has 1 N–H and O–H groups in total. The minimum atomic E-state index is -2.47. The first-order valence-corrected chi connectivity index (χ1v) is 15.1. The summed E-state index contributed by atoms with van der Waals surface area (Å²) in [5, 5.41) is 4.37. The number of anilines is 2. The van der Waals surface area contributed by atoms with Gasteiger partial charge in [-0.2, -0.15) is 4.98 Å². The summed E-state index contributed by atoms with van der Waals surface area (Å²) >= 11 is 1.25. The van der Waals surface area contributed by atoms with Gasteiger partial charge in [0.05, 0.1) is 17.9 Å². The molecule has 0 amide bonds. The lowest BCUT2D eigenvalue weighted by Gasteiger charge is -2.23. The van der Waals surface area contributed by atoms with Gasteiger partial charge in [-0.05, 0) is 55.8 Å². The molecule has 0 spiro atoms. The number of fused-ring (bicyclic) bond motifs is 1. The highest BCUT2D eigenvalue weighted by Gasteiger charge is 2.20. The molecule has 4 aromatic rings. The summed E-state index contributed by atoms with van der Waals surface area (Å²) in [6, 6.07) is 9.89. The van der Waals surface area contributed by atoms with Crippen molar-refractivity contribution in [1.29, 1.82) is 0 Å². The Morgan fingerprint density at radius 3 is 2.68 bits per heavy atom. The van der Waals surface area contributed by atoms with Crippen molar-refractivity contribution in [3.8, 4) is 10.6 Å². The summed E-state index contributed by atoms with van der Waals surface area (Å²) in [7, 11) is -2.47. The lowest BCUT2D eigenvalue weighted by atomic mass is 10.0. The highest BCUT2D eigenvalue weighted by molar-refractivity contribution is 8.02. The highest BCUT2D eigenvalue weighted by Crippen LogP contribution is 2.31. The summed E-state index contributed by atoms with van der Waals surface area (Å²) in [4.78, 5) is 27.0. The first-order chi connectivity index (χ1) is 17.8. The van der Waals surface area contributed by atoms with Gasteiger partial charge in [-0.15, -0.1) is 11.3 Å². The molecule has 1 aliphatic heterocycles. The number of rotatable bonds is 7. The van der Waals surface area contributed by atoms with E-state index in [0.717, 1.165) is 30.5 Å². The fourth-order valence-electron chi connectivity index (χ4n) is 4.36. The van der Waals surface area contributed by atoms with Gasteiger partial charge < -0.3 is 10.1 Å². The van der Waals surface area contributed by atoms with Crippen molar-refractivity contribution in [1.82, 2.24) is 19.5 Å². The van der Waals surface area contributed by atoms with Crippen LogP contribution in [0.3, 0.4) is 0 Å². The van der Waals surface area contributed by atoms with Crippen LogP contribution in [-0.2, 0) is 20.8 Å². The molecule has 10 heteroatoms. The lowest BCUT2D eigenvalue weighted by molar-refractivity contribution is 0.0150. The first-order valence-electron chi connectivity index (χ1n) is 12.5. The molecule has 4 heterocycles. The number of hydrogen-bond acceptors (Lipinski definition) is 8. The zero-order chi connectivity index (χ0) is 26.2. The van der Waals surface area contributed by atoms with Gasteiger partial charge in [-0.3, -0.25) is 13.6 Å². The Balaban J connectivity index is 1.45. The van der Waals surface area contributed by atoms with E-state index in [1.165, 1.54) is 23.3 Å². The largest absolute Gasteiger partial charge is 0.374 e. The van der Waals surface area contributed by atoms with Crippen LogP contribution in [0.4, 0.5) is 11.6 Å². The van der Waals surface area contributed by atoms with Gasteiger partial charge in [0, 0.05) is 45.2 Å². The molecule has 0 bridgehead atoms. The van der Waals surface area contributed by atoms with Gasteiger partial charge >= 0.3 is 0 Å². The number of benzene rings is 1. The minimum Gasteiger partial charge on any atom is -0.374 e. The molecule has 1 aromatic carbocycles. The van der Waals surface area contributed by atoms with Crippen molar-refractivity contribution >= 4 is 49.4 Å². The summed E-state index contributed by atoms with van der Waals surface area (Å²) in [6.45, 7) is 6.90. The average molecular weight is 538 g/mol. The smallest absolute Gasteiger partial charge is 0.262 e.